The highest BCUT2D eigenvalue weighted by Gasteiger charge is 2.23. The van der Waals surface area contributed by atoms with Gasteiger partial charge in [0.05, 0.1) is 17.5 Å². The average Bonchev–Trinajstić information content (AvgIpc) is 3.33. The van der Waals surface area contributed by atoms with Gasteiger partial charge in [-0.1, -0.05) is 36.4 Å². The Morgan fingerprint density at radius 2 is 1.93 bits per heavy atom. The molecule has 1 aliphatic heterocycles. The Morgan fingerprint density at radius 1 is 1.11 bits per heavy atom. The first-order valence-corrected chi connectivity index (χ1v) is 10.0. The second kappa shape index (κ2) is 8.67. The Hall–Kier alpha value is -2.50. The number of hydrogen-bond donors (Lipinski definition) is 0. The molecule has 5 heteroatoms. The summed E-state index contributed by atoms with van der Waals surface area (Å²) in [6.45, 7) is 5.59. The molecule has 1 fully saturated rings. The number of benzene rings is 1. The van der Waals surface area contributed by atoms with Crippen molar-refractivity contribution in [1.82, 2.24) is 19.7 Å². The molecule has 0 spiro atoms. The topological polar surface area (TPSA) is 43.2 Å². The highest BCUT2D eigenvalue weighted by Crippen LogP contribution is 2.27. The van der Waals surface area contributed by atoms with Crippen LogP contribution in [0.5, 0.6) is 0 Å². The van der Waals surface area contributed by atoms with E-state index in [9.17, 15) is 0 Å². The number of ether oxygens (including phenoxy) is 1. The SMILES string of the molecule is Cc1c(CN(Cc2ccccn2)CC2CCCO2)c(-c2ccccc2)nn1C. The first kappa shape index (κ1) is 18.8. The summed E-state index contributed by atoms with van der Waals surface area (Å²) in [6.07, 6.45) is 4.46. The fourth-order valence-corrected chi connectivity index (χ4v) is 3.87. The minimum atomic E-state index is 0.306. The quantitative estimate of drug-likeness (QED) is 0.626. The summed E-state index contributed by atoms with van der Waals surface area (Å²) in [6, 6.07) is 16.6. The van der Waals surface area contributed by atoms with Crippen LogP contribution in [0.3, 0.4) is 0 Å². The molecule has 2 aromatic heterocycles. The molecule has 0 amide bonds. The monoisotopic (exact) mass is 376 g/mol. The largest absolute Gasteiger partial charge is 0.377 e. The third kappa shape index (κ3) is 4.32. The van der Waals surface area contributed by atoms with Gasteiger partial charge in [-0.3, -0.25) is 14.6 Å². The molecule has 1 atom stereocenters. The smallest absolute Gasteiger partial charge is 0.0970 e. The Balaban J connectivity index is 1.62. The lowest BCUT2D eigenvalue weighted by atomic mass is 10.1. The maximum Gasteiger partial charge on any atom is 0.0970 e. The Labute approximate surface area is 167 Å². The van der Waals surface area contributed by atoms with Crippen LogP contribution in [0.2, 0.25) is 0 Å². The van der Waals surface area contributed by atoms with Crippen molar-refractivity contribution in [3.8, 4) is 11.3 Å². The van der Waals surface area contributed by atoms with E-state index in [1.807, 2.05) is 30.1 Å². The molecule has 146 valence electrons. The van der Waals surface area contributed by atoms with Gasteiger partial charge in [0.15, 0.2) is 0 Å². The zero-order valence-electron chi connectivity index (χ0n) is 16.7. The van der Waals surface area contributed by atoms with Crippen LogP contribution in [0.15, 0.2) is 54.7 Å². The molecule has 3 aromatic rings. The molecule has 1 unspecified atom stereocenters. The Kier molecular flexibility index (Phi) is 5.84. The van der Waals surface area contributed by atoms with Gasteiger partial charge in [-0.25, -0.2) is 0 Å². The third-order valence-corrected chi connectivity index (χ3v) is 5.48. The highest BCUT2D eigenvalue weighted by atomic mass is 16.5. The molecule has 28 heavy (non-hydrogen) atoms. The van der Waals surface area contributed by atoms with E-state index in [-0.39, 0.29) is 0 Å². The van der Waals surface area contributed by atoms with Crippen LogP contribution in [-0.2, 0) is 24.9 Å². The predicted octanol–water partition coefficient (Wildman–Crippen LogP) is 3.97. The van der Waals surface area contributed by atoms with Crippen molar-refractivity contribution in [2.45, 2.75) is 39.0 Å². The van der Waals surface area contributed by atoms with Gasteiger partial charge in [-0.2, -0.15) is 5.10 Å². The molecule has 0 radical (unpaired) electrons. The molecular formula is C23H28N4O. The summed E-state index contributed by atoms with van der Waals surface area (Å²) < 4.78 is 7.92. The van der Waals surface area contributed by atoms with Crippen molar-refractivity contribution >= 4 is 0 Å². The molecule has 1 saturated heterocycles. The van der Waals surface area contributed by atoms with Crippen molar-refractivity contribution in [3.63, 3.8) is 0 Å². The second-order valence-electron chi connectivity index (χ2n) is 7.53. The van der Waals surface area contributed by atoms with Crippen LogP contribution in [-0.4, -0.2) is 38.9 Å². The summed E-state index contributed by atoms with van der Waals surface area (Å²) in [7, 11) is 2.02. The standard InChI is InChI=1S/C23H28N4O/c1-18-22(23(25-26(18)2)19-9-4-3-5-10-19)17-27(16-21-12-8-14-28-21)15-20-11-6-7-13-24-20/h3-7,9-11,13,21H,8,12,14-17H2,1-2H3. The summed E-state index contributed by atoms with van der Waals surface area (Å²) >= 11 is 0. The van der Waals surface area contributed by atoms with Crippen LogP contribution >= 0.6 is 0 Å². The van der Waals surface area contributed by atoms with E-state index < -0.39 is 0 Å². The van der Waals surface area contributed by atoms with Crippen LogP contribution in [0.4, 0.5) is 0 Å². The van der Waals surface area contributed by atoms with Gasteiger partial charge in [0.25, 0.3) is 0 Å². The number of rotatable bonds is 7. The molecule has 0 aliphatic carbocycles. The predicted molar refractivity (Wildman–Crippen MR) is 111 cm³/mol. The number of nitrogens with zero attached hydrogens (tertiary/aromatic N) is 4. The van der Waals surface area contributed by atoms with E-state index in [1.54, 1.807) is 0 Å². The number of pyridine rings is 1. The fraction of sp³-hybridized carbons (Fsp3) is 0.391. The van der Waals surface area contributed by atoms with Crippen molar-refractivity contribution in [3.05, 3.63) is 71.7 Å². The van der Waals surface area contributed by atoms with Crippen molar-refractivity contribution in [2.75, 3.05) is 13.2 Å². The molecule has 5 nitrogen and oxygen atoms in total. The van der Waals surface area contributed by atoms with E-state index in [1.165, 1.54) is 11.3 Å². The number of hydrogen-bond acceptors (Lipinski definition) is 4. The average molecular weight is 377 g/mol. The summed E-state index contributed by atoms with van der Waals surface area (Å²) in [5.74, 6) is 0. The summed E-state index contributed by atoms with van der Waals surface area (Å²) in [4.78, 5) is 6.99. The van der Waals surface area contributed by atoms with Gasteiger partial charge in [0.1, 0.15) is 0 Å². The van der Waals surface area contributed by atoms with Crippen LogP contribution in [0.1, 0.15) is 29.8 Å². The maximum atomic E-state index is 5.93. The molecule has 0 saturated carbocycles. The molecule has 1 aromatic carbocycles. The summed E-state index contributed by atoms with van der Waals surface area (Å²) in [5, 5.41) is 4.82. The van der Waals surface area contributed by atoms with Gasteiger partial charge in [0.2, 0.25) is 0 Å². The van der Waals surface area contributed by atoms with E-state index in [2.05, 4.69) is 53.2 Å². The molecule has 1 aliphatic rings. The zero-order chi connectivity index (χ0) is 19.3. The fourth-order valence-electron chi connectivity index (χ4n) is 3.87. The van der Waals surface area contributed by atoms with Gasteiger partial charge in [-0.15, -0.1) is 0 Å². The van der Waals surface area contributed by atoms with Crippen LogP contribution in [0, 0.1) is 6.92 Å². The van der Waals surface area contributed by atoms with Gasteiger partial charge < -0.3 is 4.74 Å². The molecule has 4 rings (SSSR count). The van der Waals surface area contributed by atoms with E-state index >= 15 is 0 Å². The van der Waals surface area contributed by atoms with Crippen LogP contribution < -0.4 is 0 Å². The molecule has 0 bridgehead atoms. The first-order chi connectivity index (χ1) is 13.7. The number of aryl methyl sites for hydroxylation is 1. The zero-order valence-corrected chi connectivity index (χ0v) is 16.7. The third-order valence-electron chi connectivity index (χ3n) is 5.48. The molecular weight excluding hydrogens is 348 g/mol. The van der Waals surface area contributed by atoms with Crippen LogP contribution in [0.25, 0.3) is 11.3 Å². The lowest BCUT2D eigenvalue weighted by molar-refractivity contribution is 0.0674. The normalized spacial score (nSPS) is 16.8. The minimum absolute atomic E-state index is 0.306. The van der Waals surface area contributed by atoms with Crippen molar-refractivity contribution < 1.29 is 4.74 Å². The Morgan fingerprint density at radius 3 is 2.64 bits per heavy atom. The van der Waals surface area contributed by atoms with Crippen molar-refractivity contribution in [1.29, 1.82) is 0 Å². The molecule has 3 heterocycles. The van der Waals surface area contributed by atoms with E-state index in [0.717, 1.165) is 56.0 Å². The second-order valence-corrected chi connectivity index (χ2v) is 7.53. The van der Waals surface area contributed by atoms with E-state index in [0.29, 0.717) is 6.10 Å². The van der Waals surface area contributed by atoms with Gasteiger partial charge in [-0.05, 0) is 31.9 Å². The Bertz CT molecular complexity index is 886. The minimum Gasteiger partial charge on any atom is -0.377 e. The molecule has 0 N–H and O–H groups in total. The van der Waals surface area contributed by atoms with Gasteiger partial charge >= 0.3 is 0 Å². The number of aromatic nitrogens is 3. The lowest BCUT2D eigenvalue weighted by Crippen LogP contribution is -2.32. The van der Waals surface area contributed by atoms with Crippen molar-refractivity contribution in [2.24, 2.45) is 7.05 Å². The van der Waals surface area contributed by atoms with E-state index in [4.69, 9.17) is 9.84 Å². The lowest BCUT2D eigenvalue weighted by Gasteiger charge is -2.25. The highest BCUT2D eigenvalue weighted by molar-refractivity contribution is 5.64. The maximum absolute atomic E-state index is 5.93. The van der Waals surface area contributed by atoms with Gasteiger partial charge in [0, 0.05) is 56.3 Å². The summed E-state index contributed by atoms with van der Waals surface area (Å²) in [5.41, 5.74) is 5.80. The first-order valence-electron chi connectivity index (χ1n) is 10.0.